The molecule has 0 atom stereocenters. The van der Waals surface area contributed by atoms with Gasteiger partial charge in [0.1, 0.15) is 11.2 Å². The number of rotatable bonds is 5. The first-order valence-corrected chi connectivity index (χ1v) is 16.9. The molecule has 0 radical (unpaired) electrons. The van der Waals surface area contributed by atoms with Crippen molar-refractivity contribution in [3.05, 3.63) is 194 Å². The molecule has 1 nitrogen and oxygen atoms in total. The summed E-state index contributed by atoms with van der Waals surface area (Å²) in [4.78, 5) is 0. The van der Waals surface area contributed by atoms with Crippen LogP contribution < -0.4 is 0 Å². The van der Waals surface area contributed by atoms with Crippen molar-refractivity contribution in [2.45, 2.75) is 0 Å². The van der Waals surface area contributed by atoms with Crippen LogP contribution in [-0.4, -0.2) is 0 Å². The van der Waals surface area contributed by atoms with Crippen molar-refractivity contribution < 1.29 is 15.4 Å². The molecular weight excluding hydrogens is 617 g/mol. The molecule has 9 aromatic carbocycles. The number of benzene rings is 9. The summed E-state index contributed by atoms with van der Waals surface area (Å²) in [6, 6.07) is 43.9. The number of hydrogen-bond acceptors (Lipinski definition) is 1. The topological polar surface area (TPSA) is 13.1 Å². The maximum absolute atomic E-state index is 9.67. The minimum Gasteiger partial charge on any atom is -0.456 e. The Hall–Kier alpha value is -6.70. The molecule has 0 aliphatic carbocycles. The fourth-order valence-corrected chi connectivity index (χ4v) is 7.46. The van der Waals surface area contributed by atoms with Crippen LogP contribution in [0.1, 0.15) is 11.0 Å². The number of hydrogen-bond donors (Lipinski definition) is 0. The average molecular weight is 657 g/mol. The lowest BCUT2D eigenvalue weighted by molar-refractivity contribution is 0.669. The molecule has 0 amide bonds. The van der Waals surface area contributed by atoms with Crippen molar-refractivity contribution >= 4 is 43.5 Å². The molecule has 1 aromatic heterocycles. The predicted octanol–water partition coefficient (Wildman–Crippen LogP) is 14.2. The van der Waals surface area contributed by atoms with Crippen molar-refractivity contribution in [3.8, 4) is 55.6 Å². The first kappa shape index (κ1) is 22.1. The van der Waals surface area contributed by atoms with Crippen LogP contribution in [-0.2, 0) is 0 Å². The fourth-order valence-electron chi connectivity index (χ4n) is 7.46. The SMILES string of the molecule is [2H]c1c([2H])c([2H])c2c(-c3c(-c4cc(-c5ccccc5)cc(-c5ccccc5)c4)ccc4oc5ccccc5c34)c3c([2H])c([2H])c([2H])c([2H])c3c(-c3ccccc3)c2c1[2H]. The van der Waals surface area contributed by atoms with Crippen LogP contribution in [0, 0.1) is 0 Å². The van der Waals surface area contributed by atoms with Crippen LogP contribution in [0.3, 0.4) is 0 Å². The van der Waals surface area contributed by atoms with Gasteiger partial charge in [-0.05, 0) is 102 Å². The summed E-state index contributed by atoms with van der Waals surface area (Å²) in [5.41, 5.74) is 8.14. The third kappa shape index (κ3) is 4.86. The monoisotopic (exact) mass is 656 g/mol. The van der Waals surface area contributed by atoms with Gasteiger partial charge in [0.25, 0.3) is 0 Å². The Labute approximate surface area is 307 Å². The maximum Gasteiger partial charge on any atom is 0.136 e. The summed E-state index contributed by atoms with van der Waals surface area (Å²) in [5.74, 6) is 0. The van der Waals surface area contributed by atoms with Crippen LogP contribution in [0.4, 0.5) is 0 Å². The van der Waals surface area contributed by atoms with Crippen LogP contribution in [0.2, 0.25) is 0 Å². The number of para-hydroxylation sites is 1. The van der Waals surface area contributed by atoms with E-state index in [1.54, 1.807) is 24.3 Å². The van der Waals surface area contributed by atoms with Gasteiger partial charge in [-0.1, -0.05) is 164 Å². The number of fused-ring (bicyclic) bond motifs is 5. The quantitative estimate of drug-likeness (QED) is 0.168. The highest BCUT2D eigenvalue weighted by Crippen LogP contribution is 2.50. The van der Waals surface area contributed by atoms with E-state index in [1.807, 2.05) is 78.9 Å². The van der Waals surface area contributed by atoms with E-state index in [-0.39, 0.29) is 51.3 Å². The Balaban J connectivity index is 1.50. The first-order valence-electron chi connectivity index (χ1n) is 20.9. The average Bonchev–Trinajstić information content (AvgIpc) is 3.67. The van der Waals surface area contributed by atoms with E-state index in [0.29, 0.717) is 38.8 Å². The molecule has 0 saturated carbocycles. The second-order valence-corrected chi connectivity index (χ2v) is 12.6. The zero-order valence-electron chi connectivity index (χ0n) is 35.3. The second kappa shape index (κ2) is 12.0. The summed E-state index contributed by atoms with van der Waals surface area (Å²) < 4.78 is 80.8. The van der Waals surface area contributed by atoms with E-state index >= 15 is 0 Å². The highest BCUT2D eigenvalue weighted by atomic mass is 16.3. The maximum atomic E-state index is 9.67. The summed E-state index contributed by atoms with van der Waals surface area (Å²) >= 11 is 0. The van der Waals surface area contributed by atoms with Crippen LogP contribution >= 0.6 is 0 Å². The lowest BCUT2D eigenvalue weighted by atomic mass is 9.81. The molecule has 0 N–H and O–H groups in total. The molecule has 0 aliphatic heterocycles. The van der Waals surface area contributed by atoms with E-state index < -0.39 is 24.2 Å². The van der Waals surface area contributed by atoms with E-state index in [4.69, 9.17) is 9.90 Å². The van der Waals surface area contributed by atoms with Gasteiger partial charge in [-0.15, -0.1) is 0 Å². The van der Waals surface area contributed by atoms with Gasteiger partial charge in [0.2, 0.25) is 0 Å². The summed E-state index contributed by atoms with van der Waals surface area (Å²) in [7, 11) is 0. The molecule has 0 spiro atoms. The van der Waals surface area contributed by atoms with E-state index in [0.717, 1.165) is 33.2 Å². The Kier molecular flexibility index (Phi) is 5.21. The first-order chi connectivity index (χ1) is 28.6. The van der Waals surface area contributed by atoms with Crippen LogP contribution in [0.25, 0.3) is 99.1 Å². The van der Waals surface area contributed by atoms with Crippen molar-refractivity contribution in [2.75, 3.05) is 0 Å². The summed E-state index contributed by atoms with van der Waals surface area (Å²) in [6.45, 7) is 0. The molecule has 0 aliphatic rings. The summed E-state index contributed by atoms with van der Waals surface area (Å²) in [5, 5.41) is 2.01. The third-order valence-electron chi connectivity index (χ3n) is 9.69. The molecule has 0 bridgehead atoms. The van der Waals surface area contributed by atoms with E-state index in [9.17, 15) is 5.48 Å². The highest BCUT2D eigenvalue weighted by Gasteiger charge is 2.24. The largest absolute Gasteiger partial charge is 0.456 e. The highest BCUT2D eigenvalue weighted by molar-refractivity contribution is 6.27. The van der Waals surface area contributed by atoms with Gasteiger partial charge in [-0.2, -0.15) is 0 Å². The normalized spacial score (nSPS) is 13.7. The van der Waals surface area contributed by atoms with E-state index in [1.165, 1.54) is 0 Å². The van der Waals surface area contributed by atoms with Crippen molar-refractivity contribution in [2.24, 2.45) is 0 Å². The smallest absolute Gasteiger partial charge is 0.136 e. The van der Waals surface area contributed by atoms with E-state index in [2.05, 4.69) is 42.5 Å². The molecule has 0 unspecified atom stereocenters. The molecule has 10 aromatic rings. The molecule has 51 heavy (non-hydrogen) atoms. The van der Waals surface area contributed by atoms with Crippen molar-refractivity contribution in [1.29, 1.82) is 0 Å². The standard InChI is InChI=1S/C50H32O/c1-4-16-33(17-5-1)36-30-37(34-18-6-2-7-19-34)32-38(31-36)39-28-29-46-49(44-26-14-15-27-45(44)51-46)50(39)48-42-24-12-10-22-40(42)47(35-20-8-3-9-21-35)41-23-11-13-25-43(41)48/h1-32H/i10D,11D,12D,13D,22D,23D,24D,25D. The summed E-state index contributed by atoms with van der Waals surface area (Å²) in [6.07, 6.45) is 0. The molecule has 10 rings (SSSR count). The Morgan fingerprint density at radius 1 is 0.333 bits per heavy atom. The minimum atomic E-state index is -0.453. The molecular formula is C50H32O. The van der Waals surface area contributed by atoms with Crippen LogP contribution in [0.15, 0.2) is 198 Å². The van der Waals surface area contributed by atoms with Gasteiger partial charge < -0.3 is 4.42 Å². The molecule has 1 heterocycles. The van der Waals surface area contributed by atoms with Gasteiger partial charge in [0.05, 0.1) is 11.0 Å². The number of furan rings is 1. The fraction of sp³-hybridized carbons (Fsp3) is 0. The zero-order chi connectivity index (χ0) is 40.7. The van der Waals surface area contributed by atoms with Crippen molar-refractivity contribution in [1.82, 2.24) is 0 Å². The lowest BCUT2D eigenvalue weighted by Gasteiger charge is -2.21. The molecule has 0 saturated heterocycles. The lowest BCUT2D eigenvalue weighted by Crippen LogP contribution is -1.94. The van der Waals surface area contributed by atoms with Gasteiger partial charge in [0, 0.05) is 16.3 Å². The Morgan fingerprint density at radius 3 is 1.37 bits per heavy atom. The molecule has 238 valence electrons. The second-order valence-electron chi connectivity index (χ2n) is 12.6. The van der Waals surface area contributed by atoms with Gasteiger partial charge in [-0.25, -0.2) is 0 Å². The Bertz CT molecular complexity index is 3200. The van der Waals surface area contributed by atoms with Gasteiger partial charge in [0.15, 0.2) is 0 Å². The molecule has 1 heteroatoms. The third-order valence-corrected chi connectivity index (χ3v) is 9.69. The zero-order valence-corrected chi connectivity index (χ0v) is 27.3. The predicted molar refractivity (Wildman–Crippen MR) is 216 cm³/mol. The van der Waals surface area contributed by atoms with Gasteiger partial charge >= 0.3 is 0 Å². The van der Waals surface area contributed by atoms with Crippen molar-refractivity contribution in [3.63, 3.8) is 0 Å². The minimum absolute atomic E-state index is 0.147. The molecule has 0 fully saturated rings. The van der Waals surface area contributed by atoms with Gasteiger partial charge in [-0.3, -0.25) is 0 Å². The Morgan fingerprint density at radius 2 is 0.804 bits per heavy atom. The van der Waals surface area contributed by atoms with Crippen LogP contribution in [0.5, 0.6) is 0 Å².